The first-order valence-corrected chi connectivity index (χ1v) is 19.1. The number of para-hydroxylation sites is 1. The normalized spacial score (nSPS) is 13.1. The van der Waals surface area contributed by atoms with Crippen molar-refractivity contribution < 1.29 is 58.2 Å². The molecule has 9 amide bonds. The Labute approximate surface area is 353 Å². The Morgan fingerprint density at radius 2 is 1.29 bits per heavy atom. The lowest BCUT2D eigenvalue weighted by molar-refractivity contribution is -0.142. The van der Waals surface area contributed by atoms with Crippen LogP contribution >= 0.6 is 0 Å². The Morgan fingerprint density at radius 3 is 1.94 bits per heavy atom. The zero-order valence-electron chi connectivity index (χ0n) is 33.8. The van der Waals surface area contributed by atoms with E-state index in [0.29, 0.717) is 5.56 Å². The number of H-pyrrole nitrogens is 1. The average molecular weight is 875 g/mol. The number of aliphatic carboxylic acids is 1. The van der Waals surface area contributed by atoms with Gasteiger partial charge in [0.05, 0.1) is 32.8 Å². The number of aromatic nitrogens is 1. The molecule has 2 aromatic rings. The Morgan fingerprint density at radius 1 is 0.694 bits per heavy atom. The topological polar surface area (TPSA) is 440 Å². The van der Waals surface area contributed by atoms with Gasteiger partial charge in [-0.25, -0.2) is 4.79 Å². The first-order valence-electron chi connectivity index (χ1n) is 19.1. The number of guanidine groups is 1. The molecule has 5 atom stereocenters. The molecule has 1 aromatic carbocycles. The van der Waals surface area contributed by atoms with E-state index >= 15 is 0 Å². The van der Waals surface area contributed by atoms with Crippen molar-refractivity contribution in [3.05, 3.63) is 36.0 Å². The van der Waals surface area contributed by atoms with Gasteiger partial charge in [-0.05, 0) is 37.8 Å². The quantitative estimate of drug-likeness (QED) is 0.0225. The number of carboxylic acids is 1. The molecule has 1 aromatic heterocycles. The number of amides is 9. The average Bonchev–Trinajstić information content (AvgIpc) is 3.64. The van der Waals surface area contributed by atoms with Crippen molar-refractivity contribution in [2.75, 3.05) is 39.3 Å². The van der Waals surface area contributed by atoms with Crippen LogP contribution in [-0.4, -0.2) is 150 Å². The molecule has 62 heavy (non-hydrogen) atoms. The van der Waals surface area contributed by atoms with Crippen molar-refractivity contribution in [2.24, 2.45) is 27.9 Å². The van der Waals surface area contributed by atoms with Crippen molar-refractivity contribution in [1.82, 2.24) is 47.5 Å². The number of hydrogen-bond acceptors (Lipinski definition) is 13. The van der Waals surface area contributed by atoms with Crippen LogP contribution in [0.2, 0.25) is 0 Å². The van der Waals surface area contributed by atoms with E-state index < -0.39 is 122 Å². The fourth-order valence-corrected chi connectivity index (χ4v) is 5.49. The number of aliphatic imine (C=N–C) groups is 1. The first kappa shape index (κ1) is 50.8. The van der Waals surface area contributed by atoms with Crippen molar-refractivity contribution in [1.29, 1.82) is 0 Å². The molecule has 0 fully saturated rings. The number of aromatic amines is 1. The molecule has 26 heteroatoms. The predicted octanol–water partition coefficient (Wildman–Crippen LogP) is -7.14. The van der Waals surface area contributed by atoms with Crippen molar-refractivity contribution in [2.45, 2.75) is 69.2 Å². The summed E-state index contributed by atoms with van der Waals surface area (Å²) in [4.78, 5) is 131. The number of fused-ring (bicyclic) bond motifs is 1. The van der Waals surface area contributed by atoms with E-state index in [1.54, 1.807) is 30.5 Å². The monoisotopic (exact) mass is 874 g/mol. The SMILES string of the molecule is C[C@H](NC(=O)CNC(=O)[C@H](Cc1c[nH]c2ccccc12)NC(=O)[C@H](CO)NC(=O)CN)C(=O)NCC(=O)NCC(=O)N[C@@H](CCC(N)=O)C(=O)N[C@@H](CCCN=C(N)N)C(=O)O. The van der Waals surface area contributed by atoms with E-state index in [1.165, 1.54) is 6.92 Å². The number of hydrogen-bond donors (Lipinski definition) is 15. The van der Waals surface area contributed by atoms with E-state index in [4.69, 9.17) is 22.9 Å². The molecule has 0 spiro atoms. The number of nitrogens with two attached hydrogens (primary N) is 4. The van der Waals surface area contributed by atoms with Gasteiger partial charge in [-0.15, -0.1) is 0 Å². The number of primary amides is 1. The van der Waals surface area contributed by atoms with Crippen LogP contribution in [0, 0.1) is 0 Å². The van der Waals surface area contributed by atoms with Gasteiger partial charge in [-0.2, -0.15) is 0 Å². The van der Waals surface area contributed by atoms with Gasteiger partial charge in [0.2, 0.25) is 53.2 Å². The summed E-state index contributed by atoms with van der Waals surface area (Å²) in [7, 11) is 0. The minimum Gasteiger partial charge on any atom is -0.480 e. The molecular weight excluding hydrogens is 820 g/mol. The zero-order chi connectivity index (χ0) is 46.4. The smallest absolute Gasteiger partial charge is 0.326 e. The van der Waals surface area contributed by atoms with Gasteiger partial charge in [0.1, 0.15) is 30.2 Å². The number of carbonyl (C=O) groups excluding carboxylic acids is 9. The number of carboxylic acid groups (broad SMARTS) is 1. The van der Waals surface area contributed by atoms with Crippen LogP contribution in [0.4, 0.5) is 0 Å². The Balaban J connectivity index is 1.91. The van der Waals surface area contributed by atoms with Gasteiger partial charge >= 0.3 is 5.97 Å². The summed E-state index contributed by atoms with van der Waals surface area (Å²) >= 11 is 0. The van der Waals surface area contributed by atoms with E-state index in [1.807, 2.05) is 0 Å². The van der Waals surface area contributed by atoms with Gasteiger partial charge in [-0.3, -0.25) is 48.1 Å². The maximum Gasteiger partial charge on any atom is 0.326 e. The van der Waals surface area contributed by atoms with E-state index in [-0.39, 0.29) is 44.6 Å². The highest BCUT2D eigenvalue weighted by Gasteiger charge is 2.29. The molecule has 26 nitrogen and oxygen atoms in total. The van der Waals surface area contributed by atoms with Gasteiger partial charge in [0.25, 0.3) is 0 Å². The highest BCUT2D eigenvalue weighted by atomic mass is 16.4. The third kappa shape index (κ3) is 18.3. The van der Waals surface area contributed by atoms with Crippen LogP contribution in [0.15, 0.2) is 35.5 Å². The lowest BCUT2D eigenvalue weighted by Crippen LogP contribution is -2.57. The van der Waals surface area contributed by atoms with Crippen LogP contribution in [0.3, 0.4) is 0 Å². The van der Waals surface area contributed by atoms with Gasteiger partial charge < -0.3 is 80.7 Å². The van der Waals surface area contributed by atoms with Crippen molar-refractivity contribution in [3.8, 4) is 0 Å². The number of nitrogens with zero attached hydrogens (tertiary/aromatic N) is 1. The molecule has 19 N–H and O–H groups in total. The second-order valence-electron chi connectivity index (χ2n) is 13.6. The van der Waals surface area contributed by atoms with Crippen LogP contribution in [-0.2, 0) is 54.4 Å². The molecule has 0 aliphatic carbocycles. The lowest BCUT2D eigenvalue weighted by Gasteiger charge is -2.22. The molecule has 0 aliphatic heterocycles. The molecular formula is C36H54N14O12. The number of carbonyl (C=O) groups is 10. The predicted molar refractivity (Wildman–Crippen MR) is 218 cm³/mol. The minimum absolute atomic E-state index is 0.0726. The largest absolute Gasteiger partial charge is 0.480 e. The molecule has 0 saturated heterocycles. The second kappa shape index (κ2) is 26.0. The third-order valence-electron chi connectivity index (χ3n) is 8.71. The third-order valence-corrected chi connectivity index (χ3v) is 8.71. The van der Waals surface area contributed by atoms with E-state index in [0.717, 1.165) is 10.9 Å². The van der Waals surface area contributed by atoms with E-state index in [9.17, 15) is 58.2 Å². The Kier molecular flexibility index (Phi) is 21.3. The highest BCUT2D eigenvalue weighted by Crippen LogP contribution is 2.19. The maximum absolute atomic E-state index is 13.3. The molecule has 0 radical (unpaired) electrons. The summed E-state index contributed by atoms with van der Waals surface area (Å²) in [5.41, 5.74) is 22.3. The van der Waals surface area contributed by atoms with Gasteiger partial charge in [-0.1, -0.05) is 18.2 Å². The molecule has 2 rings (SSSR count). The maximum atomic E-state index is 13.3. The van der Waals surface area contributed by atoms with Crippen molar-refractivity contribution in [3.63, 3.8) is 0 Å². The number of aliphatic hydroxyl groups excluding tert-OH is 1. The molecule has 0 unspecified atom stereocenters. The summed E-state index contributed by atoms with van der Waals surface area (Å²) in [6.45, 7) is -1.92. The van der Waals surface area contributed by atoms with Crippen LogP contribution in [0.25, 0.3) is 10.9 Å². The Bertz CT molecular complexity index is 1970. The minimum atomic E-state index is -1.43. The summed E-state index contributed by atoms with van der Waals surface area (Å²) in [6.07, 6.45) is 1.02. The number of aliphatic hydroxyl groups is 1. The molecule has 0 aliphatic rings. The van der Waals surface area contributed by atoms with Crippen LogP contribution in [0.1, 0.15) is 38.2 Å². The molecule has 1 heterocycles. The van der Waals surface area contributed by atoms with Gasteiger partial charge in [0.15, 0.2) is 5.96 Å². The summed E-state index contributed by atoms with van der Waals surface area (Å²) < 4.78 is 0. The lowest BCUT2D eigenvalue weighted by atomic mass is 10.0. The van der Waals surface area contributed by atoms with E-state index in [2.05, 4.69) is 52.5 Å². The summed E-state index contributed by atoms with van der Waals surface area (Å²) in [5.74, 6) is -9.23. The zero-order valence-corrected chi connectivity index (χ0v) is 33.8. The van der Waals surface area contributed by atoms with Crippen LogP contribution in [0.5, 0.6) is 0 Å². The summed E-state index contributed by atoms with van der Waals surface area (Å²) in [6, 6.07) is 0.364. The highest BCUT2D eigenvalue weighted by molar-refractivity contribution is 5.96. The van der Waals surface area contributed by atoms with Gasteiger partial charge in [0, 0.05) is 36.5 Å². The number of benzene rings is 1. The number of nitrogens with one attached hydrogen (secondary N) is 9. The number of rotatable bonds is 27. The van der Waals surface area contributed by atoms with Crippen molar-refractivity contribution >= 4 is 76.0 Å². The second-order valence-corrected chi connectivity index (χ2v) is 13.6. The first-order chi connectivity index (χ1) is 29.3. The molecule has 0 saturated carbocycles. The van der Waals surface area contributed by atoms with Crippen LogP contribution < -0.4 is 65.5 Å². The fourth-order valence-electron chi connectivity index (χ4n) is 5.49. The summed E-state index contributed by atoms with van der Waals surface area (Å²) in [5, 5.41) is 38.4. The standard InChI is InChI=1S/C36H54N14O12/c1-18(31(57)44-14-28(54)43-15-30(56)47-22(8-9-26(38)52)33(59)49-23(35(61)62)7-4-10-41-36(39)40)46-29(55)16-45-32(58)24(50-34(60)25(17-51)48-27(53)12-37)11-19-13-42-21-6-3-2-5-20(19)21/h2-3,5-6,13,18,22-25,42,51H,4,7-12,14-17,37H2,1H3,(H2,38,52)(H,43,54)(H,44,57)(H,45,58)(H,46,55)(H,47,56)(H,48,53)(H,49,59)(H,50,60)(H,61,62)(H4,39,40,41)/t18-,22-,23-,24-,25-/m0/s1. The Hall–Kier alpha value is -7.35. The molecule has 340 valence electrons. The fraction of sp³-hybridized carbons (Fsp3) is 0.472. The molecule has 0 bridgehead atoms.